The molecular formula is C8H11NO2. The molecule has 1 saturated heterocycles. The van der Waals surface area contributed by atoms with E-state index in [0.29, 0.717) is 13.0 Å². The Kier molecular flexibility index (Phi) is 2.64. The fourth-order valence-electron chi connectivity index (χ4n) is 1.18. The van der Waals surface area contributed by atoms with Crippen molar-refractivity contribution in [2.45, 2.75) is 18.6 Å². The van der Waals surface area contributed by atoms with Crippen molar-refractivity contribution in [2.24, 2.45) is 0 Å². The van der Waals surface area contributed by atoms with Gasteiger partial charge in [0.05, 0.1) is 12.1 Å². The second kappa shape index (κ2) is 3.51. The molecule has 60 valence electrons. The van der Waals surface area contributed by atoms with E-state index in [0.717, 1.165) is 0 Å². The lowest BCUT2D eigenvalue weighted by atomic mass is 10.1. The van der Waals surface area contributed by atoms with Gasteiger partial charge < -0.3 is 10.1 Å². The molecule has 0 spiro atoms. The molecule has 0 aromatic rings. The average molecular weight is 153 g/mol. The Bertz CT molecular complexity index is 195. The van der Waals surface area contributed by atoms with Crippen LogP contribution in [0.3, 0.4) is 0 Å². The Morgan fingerprint density at radius 2 is 2.55 bits per heavy atom. The predicted octanol–water partition coefficient (Wildman–Crippen LogP) is -0.434. The molecule has 0 aromatic heterocycles. The number of methoxy groups -OCH3 is 1. The van der Waals surface area contributed by atoms with E-state index in [1.165, 1.54) is 0 Å². The molecular weight excluding hydrogens is 142 g/mol. The molecule has 2 unspecified atom stereocenters. The molecule has 1 fully saturated rings. The SMILES string of the molecule is C#CC(=O)C1CC(OC)CN1. The maximum absolute atomic E-state index is 10.9. The monoisotopic (exact) mass is 153 g/mol. The number of ketones is 1. The highest BCUT2D eigenvalue weighted by Crippen LogP contribution is 2.09. The van der Waals surface area contributed by atoms with Crippen molar-refractivity contribution in [3.63, 3.8) is 0 Å². The highest BCUT2D eigenvalue weighted by Gasteiger charge is 2.27. The zero-order chi connectivity index (χ0) is 8.27. The molecule has 2 atom stereocenters. The van der Waals surface area contributed by atoms with Gasteiger partial charge in [0.25, 0.3) is 0 Å². The molecule has 0 saturated carbocycles. The van der Waals surface area contributed by atoms with Gasteiger partial charge >= 0.3 is 0 Å². The first-order chi connectivity index (χ1) is 5.27. The number of ether oxygens (including phenoxy) is 1. The van der Waals surface area contributed by atoms with Crippen molar-refractivity contribution < 1.29 is 9.53 Å². The van der Waals surface area contributed by atoms with Crippen LogP contribution in [0.4, 0.5) is 0 Å². The first-order valence-corrected chi connectivity index (χ1v) is 3.54. The van der Waals surface area contributed by atoms with E-state index in [1.807, 2.05) is 0 Å². The zero-order valence-corrected chi connectivity index (χ0v) is 6.46. The molecule has 1 rings (SSSR count). The third-order valence-corrected chi connectivity index (χ3v) is 1.88. The summed E-state index contributed by atoms with van der Waals surface area (Å²) in [7, 11) is 1.63. The molecule has 1 aliphatic rings. The standard InChI is InChI=1S/C8H11NO2/c1-3-8(10)7-4-6(11-2)5-9-7/h1,6-7,9H,4-5H2,2H3. The minimum atomic E-state index is -0.190. The highest BCUT2D eigenvalue weighted by molar-refractivity contribution is 5.99. The first-order valence-electron chi connectivity index (χ1n) is 3.54. The Morgan fingerprint density at radius 3 is 3.00 bits per heavy atom. The van der Waals surface area contributed by atoms with Gasteiger partial charge in [-0.3, -0.25) is 4.79 Å². The molecule has 1 N–H and O–H groups in total. The Balaban J connectivity index is 2.43. The van der Waals surface area contributed by atoms with E-state index in [-0.39, 0.29) is 17.9 Å². The van der Waals surface area contributed by atoms with E-state index in [4.69, 9.17) is 11.2 Å². The summed E-state index contributed by atoms with van der Waals surface area (Å²) in [5, 5.41) is 2.99. The molecule has 3 nitrogen and oxygen atoms in total. The van der Waals surface area contributed by atoms with Crippen LogP contribution in [0.2, 0.25) is 0 Å². The van der Waals surface area contributed by atoms with Gasteiger partial charge in [-0.2, -0.15) is 0 Å². The van der Waals surface area contributed by atoms with Crippen molar-refractivity contribution in [3.8, 4) is 12.3 Å². The molecule has 0 radical (unpaired) electrons. The Labute approximate surface area is 66.1 Å². The van der Waals surface area contributed by atoms with Gasteiger partial charge in [0.2, 0.25) is 5.78 Å². The van der Waals surface area contributed by atoms with Crippen LogP contribution in [0.1, 0.15) is 6.42 Å². The third kappa shape index (κ3) is 1.79. The zero-order valence-electron chi connectivity index (χ0n) is 6.46. The van der Waals surface area contributed by atoms with Crippen LogP contribution in [-0.2, 0) is 9.53 Å². The number of hydrogen-bond donors (Lipinski definition) is 1. The molecule has 0 amide bonds. The third-order valence-electron chi connectivity index (χ3n) is 1.88. The number of Topliss-reactive ketones (excluding diaryl/α,β-unsaturated/α-hetero) is 1. The fraction of sp³-hybridized carbons (Fsp3) is 0.625. The second-order valence-corrected chi connectivity index (χ2v) is 2.56. The molecule has 11 heavy (non-hydrogen) atoms. The summed E-state index contributed by atoms with van der Waals surface area (Å²) in [4.78, 5) is 10.9. The van der Waals surface area contributed by atoms with Gasteiger partial charge in [0, 0.05) is 13.7 Å². The van der Waals surface area contributed by atoms with Crippen LogP contribution in [-0.4, -0.2) is 31.6 Å². The number of terminal acetylenes is 1. The average Bonchev–Trinajstić information content (AvgIpc) is 2.50. The summed E-state index contributed by atoms with van der Waals surface area (Å²) < 4.78 is 5.05. The van der Waals surface area contributed by atoms with Crippen molar-refractivity contribution >= 4 is 5.78 Å². The van der Waals surface area contributed by atoms with Gasteiger partial charge in [-0.1, -0.05) is 0 Å². The van der Waals surface area contributed by atoms with Gasteiger partial charge in [-0.05, 0) is 12.3 Å². The minimum Gasteiger partial charge on any atom is -0.380 e. The van der Waals surface area contributed by atoms with Crippen molar-refractivity contribution in [2.75, 3.05) is 13.7 Å². The summed E-state index contributed by atoms with van der Waals surface area (Å²) >= 11 is 0. The molecule has 1 aliphatic heterocycles. The number of carbonyl (C=O) groups is 1. The van der Waals surface area contributed by atoms with Crippen LogP contribution in [0, 0.1) is 12.3 Å². The smallest absolute Gasteiger partial charge is 0.222 e. The summed E-state index contributed by atoms with van der Waals surface area (Å²) in [5.41, 5.74) is 0. The number of nitrogens with one attached hydrogen (secondary N) is 1. The Morgan fingerprint density at radius 1 is 1.82 bits per heavy atom. The number of rotatable bonds is 2. The van der Waals surface area contributed by atoms with Gasteiger partial charge in [0.15, 0.2) is 0 Å². The van der Waals surface area contributed by atoms with E-state index in [1.54, 1.807) is 7.11 Å². The van der Waals surface area contributed by atoms with Crippen molar-refractivity contribution in [1.82, 2.24) is 5.32 Å². The maximum Gasteiger partial charge on any atom is 0.222 e. The lowest BCUT2D eigenvalue weighted by molar-refractivity contribution is -0.115. The summed E-state index contributed by atoms with van der Waals surface area (Å²) in [6.07, 6.45) is 5.79. The largest absolute Gasteiger partial charge is 0.380 e. The van der Waals surface area contributed by atoms with Gasteiger partial charge in [-0.25, -0.2) is 0 Å². The number of hydrogen-bond acceptors (Lipinski definition) is 3. The minimum absolute atomic E-state index is 0.136. The van der Waals surface area contributed by atoms with Crippen LogP contribution in [0.25, 0.3) is 0 Å². The van der Waals surface area contributed by atoms with Crippen LogP contribution < -0.4 is 5.32 Å². The molecule has 0 aromatic carbocycles. The lowest BCUT2D eigenvalue weighted by Gasteiger charge is -2.03. The van der Waals surface area contributed by atoms with E-state index in [9.17, 15) is 4.79 Å². The number of carbonyl (C=O) groups excluding carboxylic acids is 1. The topological polar surface area (TPSA) is 38.3 Å². The van der Waals surface area contributed by atoms with Gasteiger partial charge in [-0.15, -0.1) is 6.42 Å². The molecule has 0 aliphatic carbocycles. The fourth-order valence-corrected chi connectivity index (χ4v) is 1.18. The quantitative estimate of drug-likeness (QED) is 0.432. The summed E-state index contributed by atoms with van der Waals surface area (Å²) in [6.45, 7) is 0.717. The second-order valence-electron chi connectivity index (χ2n) is 2.56. The van der Waals surface area contributed by atoms with E-state index in [2.05, 4.69) is 11.2 Å². The first kappa shape index (κ1) is 8.25. The van der Waals surface area contributed by atoms with Crippen LogP contribution in [0.5, 0.6) is 0 Å². The maximum atomic E-state index is 10.9. The Hall–Kier alpha value is -0.850. The van der Waals surface area contributed by atoms with E-state index >= 15 is 0 Å². The van der Waals surface area contributed by atoms with E-state index < -0.39 is 0 Å². The van der Waals surface area contributed by atoms with Crippen LogP contribution >= 0.6 is 0 Å². The lowest BCUT2D eigenvalue weighted by Crippen LogP contribution is -2.29. The molecule has 1 heterocycles. The van der Waals surface area contributed by atoms with Crippen molar-refractivity contribution in [1.29, 1.82) is 0 Å². The molecule has 0 bridgehead atoms. The van der Waals surface area contributed by atoms with Crippen molar-refractivity contribution in [3.05, 3.63) is 0 Å². The predicted molar refractivity (Wildman–Crippen MR) is 41.0 cm³/mol. The van der Waals surface area contributed by atoms with Gasteiger partial charge in [0.1, 0.15) is 0 Å². The molecule has 3 heteroatoms. The van der Waals surface area contributed by atoms with Crippen LogP contribution in [0.15, 0.2) is 0 Å². The highest BCUT2D eigenvalue weighted by atomic mass is 16.5. The summed E-state index contributed by atoms with van der Waals surface area (Å²) in [5.74, 6) is 1.92. The normalized spacial score (nSPS) is 29.8. The summed E-state index contributed by atoms with van der Waals surface area (Å²) in [6, 6.07) is -0.190.